The SMILES string of the molecule is CC(CCn1ccc2cc(-c3ccc(CNC4CC4)cc3F)ccc2c1=O)(C(=O)NO)S(C)(=O)=O. The molecule has 0 saturated heterocycles. The first kappa shape index (κ1) is 25.0. The number of halogens is 1. The Balaban J connectivity index is 1.58. The van der Waals surface area contributed by atoms with Gasteiger partial charge in [0.15, 0.2) is 14.6 Å². The van der Waals surface area contributed by atoms with Crippen LogP contribution in [-0.2, 0) is 27.7 Å². The number of fused-ring (bicyclic) bond motifs is 1. The van der Waals surface area contributed by atoms with E-state index in [-0.39, 0.29) is 24.3 Å². The van der Waals surface area contributed by atoms with Crippen LogP contribution in [0.1, 0.15) is 31.7 Å². The molecule has 1 aliphatic rings. The molecule has 1 saturated carbocycles. The molecule has 0 radical (unpaired) electrons. The third kappa shape index (κ3) is 5.14. The number of hydrogen-bond acceptors (Lipinski definition) is 6. The van der Waals surface area contributed by atoms with Crippen LogP contribution >= 0.6 is 0 Å². The van der Waals surface area contributed by atoms with Gasteiger partial charge in [-0.2, -0.15) is 0 Å². The number of carbonyl (C=O) groups excluding carboxylic acids is 1. The molecule has 1 aromatic heterocycles. The van der Waals surface area contributed by atoms with E-state index in [9.17, 15) is 22.4 Å². The molecule has 1 atom stereocenters. The van der Waals surface area contributed by atoms with Gasteiger partial charge in [-0.25, -0.2) is 18.3 Å². The van der Waals surface area contributed by atoms with E-state index in [1.165, 1.54) is 29.2 Å². The molecule has 1 unspecified atom stereocenters. The molecule has 8 nitrogen and oxygen atoms in total. The second kappa shape index (κ2) is 9.52. The summed E-state index contributed by atoms with van der Waals surface area (Å²) in [6, 6.07) is 12.4. The number of aromatic nitrogens is 1. The van der Waals surface area contributed by atoms with Gasteiger partial charge in [0.25, 0.3) is 11.5 Å². The molecule has 0 aliphatic heterocycles. The Kier molecular flexibility index (Phi) is 6.81. The van der Waals surface area contributed by atoms with Crippen molar-refractivity contribution >= 4 is 26.5 Å². The zero-order chi connectivity index (χ0) is 25.4. The summed E-state index contributed by atoms with van der Waals surface area (Å²) in [6.45, 7) is 1.77. The molecule has 35 heavy (non-hydrogen) atoms. The van der Waals surface area contributed by atoms with Gasteiger partial charge in [-0.3, -0.25) is 14.8 Å². The first-order valence-corrected chi connectivity index (χ1v) is 13.2. The number of hydroxylamine groups is 1. The van der Waals surface area contributed by atoms with Gasteiger partial charge in [-0.1, -0.05) is 18.2 Å². The monoisotopic (exact) mass is 501 g/mol. The van der Waals surface area contributed by atoms with Gasteiger partial charge in [-0.05, 0) is 67.0 Å². The van der Waals surface area contributed by atoms with E-state index in [4.69, 9.17) is 5.21 Å². The number of rotatable bonds is 9. The topological polar surface area (TPSA) is 118 Å². The predicted octanol–water partition coefficient (Wildman–Crippen LogP) is 2.76. The fourth-order valence-electron chi connectivity index (χ4n) is 4.00. The lowest BCUT2D eigenvalue weighted by molar-refractivity contribution is -0.131. The van der Waals surface area contributed by atoms with Gasteiger partial charge in [0.05, 0.1) is 0 Å². The van der Waals surface area contributed by atoms with Crippen molar-refractivity contribution in [2.24, 2.45) is 0 Å². The zero-order valence-electron chi connectivity index (χ0n) is 19.5. The Morgan fingerprint density at radius 2 is 1.94 bits per heavy atom. The number of benzene rings is 2. The van der Waals surface area contributed by atoms with Crippen molar-refractivity contribution < 1.29 is 22.8 Å². The smallest absolute Gasteiger partial charge is 0.264 e. The summed E-state index contributed by atoms with van der Waals surface area (Å²) < 4.78 is 38.6. The zero-order valence-corrected chi connectivity index (χ0v) is 20.4. The maximum absolute atomic E-state index is 14.8. The Bertz CT molecular complexity index is 1450. The van der Waals surface area contributed by atoms with Crippen LogP contribution in [0.2, 0.25) is 0 Å². The van der Waals surface area contributed by atoms with Crippen molar-refractivity contribution in [2.75, 3.05) is 6.26 Å². The fourth-order valence-corrected chi connectivity index (χ4v) is 4.85. The predicted molar refractivity (Wildman–Crippen MR) is 131 cm³/mol. The van der Waals surface area contributed by atoms with Crippen LogP contribution in [0.15, 0.2) is 53.5 Å². The molecule has 4 rings (SSSR count). The number of carbonyl (C=O) groups is 1. The summed E-state index contributed by atoms with van der Waals surface area (Å²) in [5.41, 5.74) is 2.98. The number of sulfone groups is 1. The van der Waals surface area contributed by atoms with Crippen molar-refractivity contribution in [3.05, 3.63) is 70.4 Å². The highest BCUT2D eigenvalue weighted by molar-refractivity contribution is 7.92. The van der Waals surface area contributed by atoms with E-state index >= 15 is 0 Å². The minimum atomic E-state index is -3.88. The summed E-state index contributed by atoms with van der Waals surface area (Å²) >= 11 is 0. The first-order valence-electron chi connectivity index (χ1n) is 11.3. The quantitative estimate of drug-likeness (QED) is 0.307. The van der Waals surface area contributed by atoms with Gasteiger partial charge in [0.1, 0.15) is 5.82 Å². The largest absolute Gasteiger partial charge is 0.315 e. The Morgan fingerprint density at radius 3 is 2.57 bits per heavy atom. The number of nitrogens with zero attached hydrogens (tertiary/aromatic N) is 1. The summed E-state index contributed by atoms with van der Waals surface area (Å²) in [6.07, 6.45) is 4.52. The molecule has 3 N–H and O–H groups in total. The summed E-state index contributed by atoms with van der Waals surface area (Å²) in [5.74, 6) is -1.40. The Hall–Kier alpha value is -3.08. The van der Waals surface area contributed by atoms with E-state index < -0.39 is 20.5 Å². The summed E-state index contributed by atoms with van der Waals surface area (Å²) in [5, 5.41) is 13.3. The summed E-state index contributed by atoms with van der Waals surface area (Å²) in [4.78, 5) is 25.0. The van der Waals surface area contributed by atoms with Crippen molar-refractivity contribution in [3.63, 3.8) is 0 Å². The van der Waals surface area contributed by atoms with E-state index in [1.54, 1.807) is 30.3 Å². The van der Waals surface area contributed by atoms with Gasteiger partial charge >= 0.3 is 0 Å². The molecule has 2 aromatic carbocycles. The number of hydrogen-bond donors (Lipinski definition) is 3. The maximum Gasteiger partial charge on any atom is 0.264 e. The maximum atomic E-state index is 14.8. The molecule has 10 heteroatoms. The van der Waals surface area contributed by atoms with Crippen LogP contribution in [0.4, 0.5) is 4.39 Å². The lowest BCUT2D eigenvalue weighted by atomic mass is 10.00. The van der Waals surface area contributed by atoms with E-state index in [1.807, 2.05) is 6.07 Å². The molecule has 0 bridgehead atoms. The van der Waals surface area contributed by atoms with E-state index in [0.717, 1.165) is 24.7 Å². The van der Waals surface area contributed by atoms with Gasteiger partial charge < -0.3 is 9.88 Å². The summed E-state index contributed by atoms with van der Waals surface area (Å²) in [7, 11) is -3.88. The van der Waals surface area contributed by atoms with Crippen molar-refractivity contribution in [1.29, 1.82) is 0 Å². The molecule has 186 valence electrons. The van der Waals surface area contributed by atoms with Crippen LogP contribution in [0.25, 0.3) is 21.9 Å². The van der Waals surface area contributed by atoms with Crippen molar-refractivity contribution in [3.8, 4) is 11.1 Å². The molecular weight excluding hydrogens is 473 g/mol. The van der Waals surface area contributed by atoms with E-state index in [0.29, 0.717) is 34.5 Å². The normalized spacial score (nSPS) is 15.7. The lowest BCUT2D eigenvalue weighted by Crippen LogP contribution is -2.49. The highest BCUT2D eigenvalue weighted by Crippen LogP contribution is 2.27. The van der Waals surface area contributed by atoms with E-state index in [2.05, 4.69) is 5.32 Å². The average Bonchev–Trinajstić information content (AvgIpc) is 3.65. The van der Waals surface area contributed by atoms with Crippen LogP contribution in [0.3, 0.4) is 0 Å². The minimum Gasteiger partial charge on any atom is -0.315 e. The third-order valence-electron chi connectivity index (χ3n) is 6.72. The van der Waals surface area contributed by atoms with Crippen LogP contribution in [0.5, 0.6) is 0 Å². The van der Waals surface area contributed by atoms with Crippen LogP contribution < -0.4 is 16.4 Å². The minimum absolute atomic E-state index is 0.0570. The van der Waals surface area contributed by atoms with Crippen molar-refractivity contribution in [1.82, 2.24) is 15.4 Å². The van der Waals surface area contributed by atoms with Gasteiger partial charge in [0, 0.05) is 42.5 Å². The Morgan fingerprint density at radius 1 is 1.20 bits per heavy atom. The second-order valence-electron chi connectivity index (χ2n) is 9.28. The van der Waals surface area contributed by atoms with Crippen molar-refractivity contribution in [2.45, 2.75) is 50.1 Å². The number of amides is 1. The van der Waals surface area contributed by atoms with Gasteiger partial charge in [0.2, 0.25) is 0 Å². The van der Waals surface area contributed by atoms with Gasteiger partial charge in [-0.15, -0.1) is 0 Å². The molecule has 1 fully saturated rings. The number of nitrogens with one attached hydrogen (secondary N) is 2. The standard InChI is InChI=1S/C25H28FN3O5S/c1-25(24(31)28-32,35(2,33)34)10-12-29-11-9-18-14-17(4-8-21(18)23(29)30)20-7-3-16(13-22(20)26)15-27-19-5-6-19/h3-4,7-9,11,13-14,19,27,32H,5-6,10,12,15H2,1-2H3,(H,28,31). The molecule has 0 spiro atoms. The molecule has 3 aromatic rings. The average molecular weight is 502 g/mol. The molecule has 1 aliphatic carbocycles. The molecular formula is C25H28FN3O5S. The molecule has 1 heterocycles. The first-order chi connectivity index (χ1) is 16.5. The third-order valence-corrected chi connectivity index (χ3v) is 8.75. The fraction of sp³-hybridized carbons (Fsp3) is 0.360. The highest BCUT2D eigenvalue weighted by atomic mass is 32.2. The lowest BCUT2D eigenvalue weighted by Gasteiger charge is -2.25. The second-order valence-corrected chi connectivity index (χ2v) is 11.7. The van der Waals surface area contributed by atoms with Crippen LogP contribution in [-0.4, -0.2) is 41.1 Å². The number of pyridine rings is 1. The highest BCUT2D eigenvalue weighted by Gasteiger charge is 2.43. The van der Waals surface area contributed by atoms with Crippen LogP contribution in [0, 0.1) is 5.82 Å². The molecule has 1 amide bonds. The number of aryl methyl sites for hydroxylation is 1. The Labute approximate surface area is 202 Å².